The molecule has 1 aliphatic heterocycles. The van der Waals surface area contributed by atoms with Crippen LogP contribution in [0, 0.1) is 40.2 Å². The molecular formula is C22H15F2N5O. The zero-order valence-corrected chi connectivity index (χ0v) is 15.8. The molecule has 5 rings (SSSR count). The Kier molecular flexibility index (Phi) is 4.04. The van der Waals surface area contributed by atoms with E-state index in [-0.39, 0.29) is 16.7 Å². The van der Waals surface area contributed by atoms with Crippen LogP contribution >= 0.6 is 0 Å². The topological polar surface area (TPSA) is 85.7 Å². The average Bonchev–Trinajstić information content (AvgIpc) is 3.54. The number of hydrogen-bond donors (Lipinski definition) is 1. The van der Waals surface area contributed by atoms with Gasteiger partial charge in [-0.15, -0.1) is 0 Å². The SMILES string of the molecule is N#CC1(C#Cc2cncc3c2CCCN3c2nc(=O)[nH]c3ccc(F)c(F)c23)CC1. The fraction of sp³-hybridized carbons (Fsp3) is 0.273. The maximum atomic E-state index is 14.7. The van der Waals surface area contributed by atoms with Gasteiger partial charge in [0.2, 0.25) is 0 Å². The molecule has 2 aromatic heterocycles. The number of nitrogens with zero attached hydrogens (tertiary/aromatic N) is 4. The van der Waals surface area contributed by atoms with Crippen molar-refractivity contribution >= 4 is 22.4 Å². The number of H-pyrrole nitrogens is 1. The van der Waals surface area contributed by atoms with Crippen LogP contribution in [0.5, 0.6) is 0 Å². The summed E-state index contributed by atoms with van der Waals surface area (Å²) in [6, 6.07) is 4.54. The summed E-state index contributed by atoms with van der Waals surface area (Å²) in [5, 5.41) is 9.17. The zero-order chi connectivity index (χ0) is 20.9. The summed E-state index contributed by atoms with van der Waals surface area (Å²) in [5.41, 5.74) is 1.19. The van der Waals surface area contributed by atoms with Crippen molar-refractivity contribution in [2.45, 2.75) is 25.7 Å². The number of aromatic nitrogens is 3. The minimum Gasteiger partial charge on any atom is -0.324 e. The lowest BCUT2D eigenvalue weighted by molar-refractivity contribution is 0.516. The maximum absolute atomic E-state index is 14.7. The maximum Gasteiger partial charge on any atom is 0.347 e. The first kappa shape index (κ1) is 18.3. The molecule has 0 unspecified atom stereocenters. The molecule has 0 bridgehead atoms. The molecule has 0 amide bonds. The van der Waals surface area contributed by atoms with E-state index < -0.39 is 22.7 Å². The zero-order valence-electron chi connectivity index (χ0n) is 15.8. The Hall–Kier alpha value is -3.78. The van der Waals surface area contributed by atoms with Crippen LogP contribution in [0.25, 0.3) is 10.9 Å². The van der Waals surface area contributed by atoms with E-state index in [1.807, 2.05) is 0 Å². The summed E-state index contributed by atoms with van der Waals surface area (Å²) in [6.07, 6.45) is 6.21. The summed E-state index contributed by atoms with van der Waals surface area (Å²) >= 11 is 0. The Balaban J connectivity index is 1.68. The molecular weight excluding hydrogens is 388 g/mol. The van der Waals surface area contributed by atoms with E-state index in [4.69, 9.17) is 0 Å². The molecule has 6 nitrogen and oxygen atoms in total. The second-order valence-corrected chi connectivity index (χ2v) is 7.53. The van der Waals surface area contributed by atoms with Crippen LogP contribution in [0.2, 0.25) is 0 Å². The van der Waals surface area contributed by atoms with E-state index in [0.29, 0.717) is 24.2 Å². The minimum absolute atomic E-state index is 0.0503. The van der Waals surface area contributed by atoms with Crippen LogP contribution in [-0.2, 0) is 6.42 Å². The van der Waals surface area contributed by atoms with Gasteiger partial charge in [-0.1, -0.05) is 11.8 Å². The second-order valence-electron chi connectivity index (χ2n) is 7.53. The lowest BCUT2D eigenvalue weighted by Crippen LogP contribution is -2.29. The van der Waals surface area contributed by atoms with Crippen molar-refractivity contribution in [2.24, 2.45) is 5.41 Å². The minimum atomic E-state index is -1.06. The lowest BCUT2D eigenvalue weighted by Gasteiger charge is -2.31. The molecule has 1 aliphatic carbocycles. The monoisotopic (exact) mass is 403 g/mol. The highest BCUT2D eigenvalue weighted by molar-refractivity contribution is 5.92. The standard InChI is InChI=1S/C22H15F2N5O/c23-15-3-4-16-18(19(15)24)20(28-21(30)27-16)29-9-1-2-14-13(10-26-11-17(14)29)5-6-22(12-25)7-8-22/h3-4,10-11H,1-2,7-9H2,(H,27,28,30). The molecule has 2 aliphatic rings. The quantitative estimate of drug-likeness (QED) is 0.630. The highest BCUT2D eigenvalue weighted by atomic mass is 19.2. The van der Waals surface area contributed by atoms with Gasteiger partial charge < -0.3 is 9.88 Å². The highest BCUT2D eigenvalue weighted by Gasteiger charge is 2.41. The Morgan fingerprint density at radius 1 is 1.23 bits per heavy atom. The van der Waals surface area contributed by atoms with Gasteiger partial charge in [0, 0.05) is 18.3 Å². The lowest BCUT2D eigenvalue weighted by atomic mass is 9.97. The number of benzene rings is 1. The van der Waals surface area contributed by atoms with E-state index in [1.165, 1.54) is 6.07 Å². The van der Waals surface area contributed by atoms with Crippen LogP contribution in [-0.4, -0.2) is 21.5 Å². The highest BCUT2D eigenvalue weighted by Crippen LogP contribution is 2.44. The van der Waals surface area contributed by atoms with Crippen molar-refractivity contribution in [3.63, 3.8) is 0 Å². The third-order valence-corrected chi connectivity index (χ3v) is 5.56. The molecule has 1 fully saturated rings. The van der Waals surface area contributed by atoms with Gasteiger partial charge in [0.05, 0.1) is 28.9 Å². The number of nitriles is 1. The number of aromatic amines is 1. The first-order valence-electron chi connectivity index (χ1n) is 9.58. The van der Waals surface area contributed by atoms with Crippen LogP contribution in [0.3, 0.4) is 0 Å². The average molecular weight is 403 g/mol. The van der Waals surface area contributed by atoms with Crippen LogP contribution < -0.4 is 10.6 Å². The van der Waals surface area contributed by atoms with Gasteiger partial charge in [0.25, 0.3) is 0 Å². The molecule has 0 saturated heterocycles. The summed E-state index contributed by atoms with van der Waals surface area (Å²) in [6.45, 7) is 0.467. The molecule has 0 atom stereocenters. The van der Waals surface area contributed by atoms with E-state index >= 15 is 0 Å². The summed E-state index contributed by atoms with van der Waals surface area (Å²) in [4.78, 5) is 24.5. The van der Waals surface area contributed by atoms with Crippen molar-refractivity contribution in [3.05, 3.63) is 57.8 Å². The van der Waals surface area contributed by atoms with Crippen molar-refractivity contribution < 1.29 is 8.78 Å². The Morgan fingerprint density at radius 3 is 2.83 bits per heavy atom. The fourth-order valence-electron chi connectivity index (χ4n) is 3.77. The largest absolute Gasteiger partial charge is 0.347 e. The smallest absolute Gasteiger partial charge is 0.324 e. The molecule has 148 valence electrons. The molecule has 1 aromatic carbocycles. The number of rotatable bonds is 1. The molecule has 8 heteroatoms. The van der Waals surface area contributed by atoms with Crippen LogP contribution in [0.1, 0.15) is 30.4 Å². The van der Waals surface area contributed by atoms with Crippen molar-refractivity contribution in [1.82, 2.24) is 15.0 Å². The van der Waals surface area contributed by atoms with E-state index in [9.17, 15) is 18.8 Å². The molecule has 3 aromatic rings. The third kappa shape index (κ3) is 2.89. The molecule has 1 saturated carbocycles. The number of hydrogen-bond acceptors (Lipinski definition) is 5. The van der Waals surface area contributed by atoms with Gasteiger partial charge in [-0.25, -0.2) is 13.6 Å². The summed E-state index contributed by atoms with van der Waals surface area (Å²) in [5.74, 6) is 4.10. The molecule has 3 heterocycles. The van der Waals surface area contributed by atoms with Crippen molar-refractivity contribution in [1.29, 1.82) is 5.26 Å². The fourth-order valence-corrected chi connectivity index (χ4v) is 3.77. The van der Waals surface area contributed by atoms with Crippen molar-refractivity contribution in [2.75, 3.05) is 11.4 Å². The van der Waals surface area contributed by atoms with Crippen LogP contribution in [0.15, 0.2) is 29.3 Å². The first-order valence-corrected chi connectivity index (χ1v) is 9.58. The predicted molar refractivity (Wildman–Crippen MR) is 106 cm³/mol. The van der Waals surface area contributed by atoms with Crippen LogP contribution in [0.4, 0.5) is 20.3 Å². The Labute approximate surface area is 170 Å². The van der Waals surface area contributed by atoms with E-state index in [1.54, 1.807) is 17.3 Å². The number of fused-ring (bicyclic) bond motifs is 2. The predicted octanol–water partition coefficient (Wildman–Crippen LogP) is 3.34. The molecule has 1 N–H and O–H groups in total. The molecule has 30 heavy (non-hydrogen) atoms. The van der Waals surface area contributed by atoms with Crippen molar-refractivity contribution in [3.8, 4) is 17.9 Å². The first-order chi connectivity index (χ1) is 14.5. The van der Waals surface area contributed by atoms with Gasteiger partial charge in [0.15, 0.2) is 17.5 Å². The summed E-state index contributed by atoms with van der Waals surface area (Å²) in [7, 11) is 0. The summed E-state index contributed by atoms with van der Waals surface area (Å²) < 4.78 is 28.6. The van der Waals surface area contributed by atoms with Gasteiger partial charge in [-0.2, -0.15) is 10.2 Å². The van der Waals surface area contributed by atoms with E-state index in [0.717, 1.165) is 30.9 Å². The Bertz CT molecular complexity index is 1360. The second kappa shape index (κ2) is 6.64. The van der Waals surface area contributed by atoms with Gasteiger partial charge in [-0.3, -0.25) is 4.98 Å². The van der Waals surface area contributed by atoms with E-state index in [2.05, 4.69) is 32.9 Å². The number of halogens is 2. The number of pyridine rings is 1. The molecule has 0 spiro atoms. The van der Waals surface area contributed by atoms with Gasteiger partial charge >= 0.3 is 5.69 Å². The third-order valence-electron chi connectivity index (χ3n) is 5.56. The van der Waals surface area contributed by atoms with Gasteiger partial charge in [-0.05, 0) is 43.4 Å². The number of anilines is 2. The van der Waals surface area contributed by atoms with Gasteiger partial charge in [0.1, 0.15) is 5.41 Å². The normalized spacial score (nSPS) is 16.4. The Morgan fingerprint density at radius 2 is 2.07 bits per heavy atom. The molecule has 0 radical (unpaired) electrons. The number of nitrogens with one attached hydrogen (secondary N) is 1.